The molecule has 0 aromatic rings. The Labute approximate surface area is 79.3 Å². The third-order valence-electron chi connectivity index (χ3n) is 1.99. The Balaban J connectivity index is 2.52. The number of carbonyl (C=O) groups is 1. The molecule has 2 heteroatoms. The SMILES string of the molecule is C/C=C/[C@@H](C)OC1=CCCCC1=O. The summed E-state index contributed by atoms with van der Waals surface area (Å²) in [5.74, 6) is 0.694. The molecule has 1 rings (SSSR count). The van der Waals surface area contributed by atoms with Crippen molar-refractivity contribution in [2.24, 2.45) is 0 Å². The molecule has 0 unspecified atom stereocenters. The lowest BCUT2D eigenvalue weighted by molar-refractivity contribution is -0.119. The molecule has 2 nitrogen and oxygen atoms in total. The minimum absolute atomic E-state index is 0.00157. The lowest BCUT2D eigenvalue weighted by Crippen LogP contribution is -2.14. The van der Waals surface area contributed by atoms with Crippen molar-refractivity contribution in [3.8, 4) is 0 Å². The maximum atomic E-state index is 11.3. The van der Waals surface area contributed by atoms with Crippen LogP contribution in [0.2, 0.25) is 0 Å². The molecule has 0 aromatic carbocycles. The second kappa shape index (κ2) is 4.85. The van der Waals surface area contributed by atoms with Crippen molar-refractivity contribution in [2.45, 2.75) is 39.2 Å². The second-order valence-electron chi connectivity index (χ2n) is 3.23. The highest BCUT2D eigenvalue weighted by Gasteiger charge is 2.15. The van der Waals surface area contributed by atoms with Crippen LogP contribution in [0.1, 0.15) is 33.1 Å². The molecule has 0 fully saturated rings. The van der Waals surface area contributed by atoms with Gasteiger partial charge in [-0.3, -0.25) is 4.79 Å². The van der Waals surface area contributed by atoms with Gasteiger partial charge in [0.05, 0.1) is 0 Å². The van der Waals surface area contributed by atoms with E-state index in [2.05, 4.69) is 0 Å². The highest BCUT2D eigenvalue weighted by molar-refractivity contribution is 5.94. The van der Waals surface area contributed by atoms with Gasteiger partial charge in [-0.15, -0.1) is 0 Å². The molecule has 1 aliphatic carbocycles. The Morgan fingerprint density at radius 2 is 2.38 bits per heavy atom. The van der Waals surface area contributed by atoms with Crippen LogP contribution in [0, 0.1) is 0 Å². The molecule has 0 saturated carbocycles. The number of allylic oxidation sites excluding steroid dienone is 3. The number of ketones is 1. The molecule has 0 aromatic heterocycles. The number of hydrogen-bond donors (Lipinski definition) is 0. The van der Waals surface area contributed by atoms with E-state index in [4.69, 9.17) is 4.74 Å². The van der Waals surface area contributed by atoms with Crippen LogP contribution in [-0.2, 0) is 9.53 Å². The molecular formula is C11H16O2. The molecule has 0 heterocycles. The second-order valence-corrected chi connectivity index (χ2v) is 3.23. The van der Waals surface area contributed by atoms with Crippen LogP contribution in [0.5, 0.6) is 0 Å². The van der Waals surface area contributed by atoms with Gasteiger partial charge in [0.2, 0.25) is 0 Å². The number of Topliss-reactive ketones (excluding diaryl/α,β-unsaturated/α-hetero) is 1. The maximum absolute atomic E-state index is 11.3. The number of hydrogen-bond acceptors (Lipinski definition) is 2. The summed E-state index contributed by atoms with van der Waals surface area (Å²) in [5, 5.41) is 0. The molecule has 0 radical (unpaired) electrons. The molecule has 72 valence electrons. The molecule has 0 amide bonds. The average Bonchev–Trinajstić information content (AvgIpc) is 2.09. The Bertz CT molecular complexity index is 238. The smallest absolute Gasteiger partial charge is 0.197 e. The van der Waals surface area contributed by atoms with Crippen LogP contribution < -0.4 is 0 Å². The van der Waals surface area contributed by atoms with E-state index in [0.717, 1.165) is 12.8 Å². The molecule has 0 bridgehead atoms. The van der Waals surface area contributed by atoms with E-state index < -0.39 is 0 Å². The zero-order chi connectivity index (χ0) is 9.68. The van der Waals surface area contributed by atoms with Gasteiger partial charge in [-0.05, 0) is 38.8 Å². The molecule has 0 saturated heterocycles. The van der Waals surface area contributed by atoms with Crippen molar-refractivity contribution in [1.82, 2.24) is 0 Å². The highest BCUT2D eigenvalue weighted by Crippen LogP contribution is 2.16. The van der Waals surface area contributed by atoms with Crippen LogP contribution in [-0.4, -0.2) is 11.9 Å². The fourth-order valence-electron chi connectivity index (χ4n) is 1.36. The summed E-state index contributed by atoms with van der Waals surface area (Å²) in [7, 11) is 0. The highest BCUT2D eigenvalue weighted by atomic mass is 16.5. The van der Waals surface area contributed by atoms with E-state index in [0.29, 0.717) is 12.2 Å². The summed E-state index contributed by atoms with van der Waals surface area (Å²) in [6, 6.07) is 0. The first-order valence-corrected chi connectivity index (χ1v) is 4.77. The monoisotopic (exact) mass is 180 g/mol. The van der Waals surface area contributed by atoms with Gasteiger partial charge in [0, 0.05) is 6.42 Å². The van der Waals surface area contributed by atoms with Crippen LogP contribution in [0.15, 0.2) is 24.0 Å². The van der Waals surface area contributed by atoms with Crippen molar-refractivity contribution in [3.63, 3.8) is 0 Å². The number of carbonyl (C=O) groups excluding carboxylic acids is 1. The lowest BCUT2D eigenvalue weighted by Gasteiger charge is -2.16. The molecular weight excluding hydrogens is 164 g/mol. The van der Waals surface area contributed by atoms with Crippen LogP contribution >= 0.6 is 0 Å². The van der Waals surface area contributed by atoms with Gasteiger partial charge in [0.15, 0.2) is 11.5 Å². The van der Waals surface area contributed by atoms with Gasteiger partial charge in [0.25, 0.3) is 0 Å². The lowest BCUT2D eigenvalue weighted by atomic mass is 10.1. The third kappa shape index (κ3) is 3.05. The van der Waals surface area contributed by atoms with Crippen molar-refractivity contribution < 1.29 is 9.53 Å². The van der Waals surface area contributed by atoms with Gasteiger partial charge in [-0.2, -0.15) is 0 Å². The largest absolute Gasteiger partial charge is 0.483 e. The third-order valence-corrected chi connectivity index (χ3v) is 1.99. The van der Waals surface area contributed by atoms with Gasteiger partial charge < -0.3 is 4.74 Å². The standard InChI is InChI=1S/C11H16O2/c1-3-6-9(2)13-11-8-5-4-7-10(11)12/h3,6,8-9H,4-5,7H2,1-2H3/b6-3+/t9-/m1/s1. The van der Waals surface area contributed by atoms with Crippen LogP contribution in [0.3, 0.4) is 0 Å². The zero-order valence-electron chi connectivity index (χ0n) is 8.25. The first kappa shape index (κ1) is 10.0. The Morgan fingerprint density at radius 3 is 3.00 bits per heavy atom. The summed E-state index contributed by atoms with van der Waals surface area (Å²) in [5.41, 5.74) is 0. The number of ether oxygens (including phenoxy) is 1. The van der Waals surface area contributed by atoms with E-state index in [1.807, 2.05) is 32.1 Å². The summed E-state index contributed by atoms with van der Waals surface area (Å²) < 4.78 is 5.47. The summed E-state index contributed by atoms with van der Waals surface area (Å²) >= 11 is 0. The maximum Gasteiger partial charge on any atom is 0.197 e. The molecule has 0 aliphatic heterocycles. The fourth-order valence-corrected chi connectivity index (χ4v) is 1.36. The summed E-state index contributed by atoms with van der Waals surface area (Å²) in [6.45, 7) is 3.87. The van der Waals surface area contributed by atoms with E-state index in [1.165, 1.54) is 0 Å². The molecule has 0 N–H and O–H groups in total. The normalized spacial score (nSPS) is 20.2. The predicted molar refractivity (Wildman–Crippen MR) is 52.3 cm³/mol. The van der Waals surface area contributed by atoms with Crippen LogP contribution in [0.4, 0.5) is 0 Å². The van der Waals surface area contributed by atoms with Crippen molar-refractivity contribution in [1.29, 1.82) is 0 Å². The van der Waals surface area contributed by atoms with Gasteiger partial charge in [0.1, 0.15) is 6.10 Å². The average molecular weight is 180 g/mol. The van der Waals surface area contributed by atoms with Crippen LogP contribution in [0.25, 0.3) is 0 Å². The number of rotatable bonds is 3. The Kier molecular flexibility index (Phi) is 3.74. The zero-order valence-corrected chi connectivity index (χ0v) is 8.25. The topological polar surface area (TPSA) is 26.3 Å². The minimum Gasteiger partial charge on any atom is -0.483 e. The first-order chi connectivity index (χ1) is 6.24. The van der Waals surface area contributed by atoms with Gasteiger partial charge >= 0.3 is 0 Å². The van der Waals surface area contributed by atoms with Crippen molar-refractivity contribution in [2.75, 3.05) is 0 Å². The van der Waals surface area contributed by atoms with Crippen molar-refractivity contribution in [3.05, 3.63) is 24.0 Å². The van der Waals surface area contributed by atoms with E-state index in [9.17, 15) is 4.79 Å². The molecule has 0 spiro atoms. The Hall–Kier alpha value is -1.05. The summed E-state index contributed by atoms with van der Waals surface area (Å²) in [4.78, 5) is 11.3. The molecule has 1 aliphatic rings. The first-order valence-electron chi connectivity index (χ1n) is 4.77. The van der Waals surface area contributed by atoms with E-state index >= 15 is 0 Å². The van der Waals surface area contributed by atoms with Crippen molar-refractivity contribution >= 4 is 5.78 Å². The fraction of sp³-hybridized carbons (Fsp3) is 0.545. The van der Waals surface area contributed by atoms with Gasteiger partial charge in [-0.1, -0.05) is 6.08 Å². The van der Waals surface area contributed by atoms with E-state index in [-0.39, 0.29) is 11.9 Å². The van der Waals surface area contributed by atoms with E-state index in [1.54, 1.807) is 0 Å². The molecule has 13 heavy (non-hydrogen) atoms. The molecule has 1 atom stereocenters. The predicted octanol–water partition coefficient (Wildman–Crippen LogP) is 2.60. The Morgan fingerprint density at radius 1 is 1.62 bits per heavy atom. The quantitative estimate of drug-likeness (QED) is 0.624. The van der Waals surface area contributed by atoms with Gasteiger partial charge in [-0.25, -0.2) is 0 Å². The minimum atomic E-state index is -0.00157. The summed E-state index contributed by atoms with van der Waals surface area (Å²) in [6.07, 6.45) is 8.31.